The van der Waals surface area contributed by atoms with Gasteiger partial charge in [-0.3, -0.25) is 9.59 Å². The molecule has 16 heavy (non-hydrogen) atoms. The van der Waals surface area contributed by atoms with Gasteiger partial charge in [0, 0.05) is 12.5 Å². The van der Waals surface area contributed by atoms with Crippen LogP contribution in [0.1, 0.15) is 32.1 Å². The summed E-state index contributed by atoms with van der Waals surface area (Å²) in [6.45, 7) is 0.328. The molecule has 1 aliphatic carbocycles. The van der Waals surface area contributed by atoms with Crippen LogP contribution in [0.25, 0.3) is 0 Å². The molecule has 1 rings (SSSR count). The van der Waals surface area contributed by atoms with E-state index in [1.54, 1.807) is 0 Å². The van der Waals surface area contributed by atoms with E-state index in [1.165, 1.54) is 0 Å². The number of nitrogens with one attached hydrogen (secondary N) is 1. The molecule has 0 aromatic carbocycles. The Morgan fingerprint density at radius 3 is 2.69 bits per heavy atom. The van der Waals surface area contributed by atoms with E-state index in [9.17, 15) is 9.59 Å². The predicted molar refractivity (Wildman–Crippen MR) is 59.4 cm³/mol. The van der Waals surface area contributed by atoms with E-state index in [1.807, 2.05) is 0 Å². The molecule has 0 heterocycles. The number of amides is 1. The van der Waals surface area contributed by atoms with Gasteiger partial charge < -0.3 is 10.1 Å². The maximum Gasteiger partial charge on any atom is 0.308 e. The average Bonchev–Trinajstić information content (AvgIpc) is 2.79. The molecule has 0 atom stereocenters. The third-order valence-electron chi connectivity index (χ3n) is 2.67. The summed E-state index contributed by atoms with van der Waals surface area (Å²) < 4.78 is 4.67. The molecule has 1 amide bonds. The Morgan fingerprint density at radius 2 is 2.06 bits per heavy atom. The monoisotopic (exact) mass is 223 g/mol. The smallest absolute Gasteiger partial charge is 0.308 e. The highest BCUT2D eigenvalue weighted by molar-refractivity contribution is 5.79. The number of rotatable bonds is 5. The highest BCUT2D eigenvalue weighted by Gasteiger charge is 2.22. The van der Waals surface area contributed by atoms with Crippen molar-refractivity contribution >= 4 is 11.9 Å². The number of hydrogen-bond donors (Lipinski definition) is 1. The van der Waals surface area contributed by atoms with Gasteiger partial charge in [0.05, 0.1) is 6.42 Å². The third-order valence-corrected chi connectivity index (χ3v) is 2.67. The quantitative estimate of drug-likeness (QED) is 0.555. The Morgan fingerprint density at radius 1 is 1.38 bits per heavy atom. The van der Waals surface area contributed by atoms with Crippen molar-refractivity contribution in [3.05, 3.63) is 0 Å². The highest BCUT2D eigenvalue weighted by atomic mass is 16.5. The van der Waals surface area contributed by atoms with Gasteiger partial charge in [-0.1, -0.05) is 18.8 Å². The molecule has 0 spiro atoms. The Hall–Kier alpha value is -1.50. The summed E-state index contributed by atoms with van der Waals surface area (Å²) >= 11 is 0. The summed E-state index contributed by atoms with van der Waals surface area (Å²) in [6, 6.07) is 0. The molecule has 0 saturated heterocycles. The fourth-order valence-electron chi connectivity index (χ4n) is 1.81. The Bertz CT molecular complexity index is 287. The number of ether oxygens (including phenoxy) is 1. The molecule has 0 aromatic heterocycles. The largest absolute Gasteiger partial charge is 0.452 e. The van der Waals surface area contributed by atoms with Gasteiger partial charge in [-0.2, -0.15) is 0 Å². The van der Waals surface area contributed by atoms with E-state index in [2.05, 4.69) is 16.0 Å². The molecule has 0 unspecified atom stereocenters. The van der Waals surface area contributed by atoms with Crippen LogP contribution in [0, 0.1) is 18.3 Å². The van der Waals surface area contributed by atoms with Crippen molar-refractivity contribution in [2.45, 2.75) is 32.1 Å². The molecule has 0 aromatic rings. The zero-order valence-corrected chi connectivity index (χ0v) is 9.33. The van der Waals surface area contributed by atoms with Crippen molar-refractivity contribution in [2.75, 3.05) is 13.2 Å². The summed E-state index contributed by atoms with van der Waals surface area (Å²) in [5.74, 6) is 2.04. The van der Waals surface area contributed by atoms with Crippen LogP contribution in [0.4, 0.5) is 0 Å². The molecule has 1 saturated carbocycles. The molecular weight excluding hydrogens is 206 g/mol. The lowest BCUT2D eigenvalue weighted by Crippen LogP contribution is -2.31. The van der Waals surface area contributed by atoms with Crippen LogP contribution < -0.4 is 5.32 Å². The summed E-state index contributed by atoms with van der Waals surface area (Å²) in [5.41, 5.74) is 0. The molecule has 1 aliphatic rings. The van der Waals surface area contributed by atoms with Gasteiger partial charge in [0.15, 0.2) is 6.61 Å². The van der Waals surface area contributed by atoms with Crippen molar-refractivity contribution in [3.63, 3.8) is 0 Å². The number of terminal acetylenes is 1. The van der Waals surface area contributed by atoms with Crippen LogP contribution in [0.2, 0.25) is 0 Å². The molecule has 88 valence electrons. The van der Waals surface area contributed by atoms with E-state index in [0.717, 1.165) is 25.7 Å². The van der Waals surface area contributed by atoms with Gasteiger partial charge in [0.1, 0.15) is 0 Å². The lowest BCUT2D eigenvalue weighted by atomic mass is 10.1. The summed E-state index contributed by atoms with van der Waals surface area (Å²) in [4.78, 5) is 22.6. The molecule has 0 bridgehead atoms. The first-order chi connectivity index (χ1) is 7.74. The number of esters is 1. The van der Waals surface area contributed by atoms with Crippen LogP contribution in [0.15, 0.2) is 0 Å². The molecule has 0 radical (unpaired) electrons. The lowest BCUT2D eigenvalue weighted by Gasteiger charge is -2.09. The minimum atomic E-state index is -0.371. The fourth-order valence-corrected chi connectivity index (χ4v) is 1.81. The molecular formula is C12H17NO3. The minimum Gasteiger partial charge on any atom is -0.452 e. The summed E-state index contributed by atoms with van der Waals surface area (Å²) in [6.07, 6.45) is 9.31. The number of carbonyl (C=O) groups excluding carboxylic acids is 2. The second-order valence-electron chi connectivity index (χ2n) is 3.89. The zero-order chi connectivity index (χ0) is 11.8. The van der Waals surface area contributed by atoms with Crippen LogP contribution in [-0.2, 0) is 14.3 Å². The van der Waals surface area contributed by atoms with Gasteiger partial charge in [-0.05, 0) is 12.8 Å². The zero-order valence-electron chi connectivity index (χ0n) is 9.33. The molecule has 0 aliphatic heterocycles. The van der Waals surface area contributed by atoms with Crippen LogP contribution in [0.5, 0.6) is 0 Å². The number of carbonyl (C=O) groups is 2. The molecule has 1 N–H and O–H groups in total. The maximum atomic E-state index is 11.5. The van der Waals surface area contributed by atoms with E-state index < -0.39 is 0 Å². The van der Waals surface area contributed by atoms with Gasteiger partial charge in [0.2, 0.25) is 5.91 Å². The minimum absolute atomic E-state index is 0.00456. The Labute approximate surface area is 95.7 Å². The van der Waals surface area contributed by atoms with E-state index in [4.69, 9.17) is 6.42 Å². The number of hydrogen-bond acceptors (Lipinski definition) is 3. The summed E-state index contributed by atoms with van der Waals surface area (Å²) in [7, 11) is 0. The van der Waals surface area contributed by atoms with Crippen molar-refractivity contribution in [1.29, 1.82) is 0 Å². The predicted octanol–water partition coefficient (Wildman–Crippen LogP) is 0.859. The molecule has 4 heteroatoms. The Balaban J connectivity index is 2.08. The SMILES string of the molecule is C#CCOC(=O)CCNC(=O)C1CCCC1. The normalized spacial score (nSPS) is 15.4. The van der Waals surface area contributed by atoms with Gasteiger partial charge in [-0.15, -0.1) is 6.42 Å². The Kier molecular flexibility index (Phi) is 5.41. The van der Waals surface area contributed by atoms with Crippen molar-refractivity contribution in [1.82, 2.24) is 5.32 Å². The maximum absolute atomic E-state index is 11.5. The lowest BCUT2D eigenvalue weighted by molar-refractivity contribution is -0.142. The first kappa shape index (κ1) is 12.6. The summed E-state index contributed by atoms with van der Waals surface area (Å²) in [5, 5.41) is 2.74. The third kappa shape index (κ3) is 4.35. The average molecular weight is 223 g/mol. The van der Waals surface area contributed by atoms with Crippen molar-refractivity contribution < 1.29 is 14.3 Å². The molecule has 1 fully saturated rings. The standard InChI is InChI=1S/C12H17NO3/c1-2-9-16-11(14)7-8-13-12(15)10-5-3-4-6-10/h1,10H,3-9H2,(H,13,15). The molecule has 4 nitrogen and oxygen atoms in total. The second-order valence-corrected chi connectivity index (χ2v) is 3.89. The van der Waals surface area contributed by atoms with Crippen LogP contribution >= 0.6 is 0 Å². The van der Waals surface area contributed by atoms with Gasteiger partial charge in [-0.25, -0.2) is 0 Å². The van der Waals surface area contributed by atoms with Gasteiger partial charge in [0.25, 0.3) is 0 Å². The van der Waals surface area contributed by atoms with E-state index in [-0.39, 0.29) is 30.8 Å². The first-order valence-corrected chi connectivity index (χ1v) is 5.61. The van der Waals surface area contributed by atoms with Gasteiger partial charge >= 0.3 is 5.97 Å². The topological polar surface area (TPSA) is 55.4 Å². The fraction of sp³-hybridized carbons (Fsp3) is 0.667. The van der Waals surface area contributed by atoms with Crippen LogP contribution in [0.3, 0.4) is 0 Å². The highest BCUT2D eigenvalue weighted by Crippen LogP contribution is 2.24. The van der Waals surface area contributed by atoms with E-state index >= 15 is 0 Å². The van der Waals surface area contributed by atoms with Crippen molar-refractivity contribution in [2.24, 2.45) is 5.92 Å². The van der Waals surface area contributed by atoms with E-state index in [0.29, 0.717) is 6.54 Å². The first-order valence-electron chi connectivity index (χ1n) is 5.61. The van der Waals surface area contributed by atoms with Crippen LogP contribution in [-0.4, -0.2) is 25.0 Å². The van der Waals surface area contributed by atoms with Crippen molar-refractivity contribution in [3.8, 4) is 12.3 Å². The second kappa shape index (κ2) is 6.89.